The van der Waals surface area contributed by atoms with E-state index in [2.05, 4.69) is 23.0 Å². The minimum Gasteiger partial charge on any atom is -0.345 e. The van der Waals surface area contributed by atoms with Crippen molar-refractivity contribution < 1.29 is 0 Å². The van der Waals surface area contributed by atoms with E-state index in [1.165, 1.54) is 5.56 Å². The Morgan fingerprint density at radius 1 is 1.20 bits per heavy atom. The van der Waals surface area contributed by atoms with Crippen molar-refractivity contribution in [3.05, 3.63) is 46.2 Å². The molecule has 0 unspecified atom stereocenters. The van der Waals surface area contributed by atoms with Gasteiger partial charge in [-0.25, -0.2) is 0 Å². The number of H-pyrrole nitrogens is 1. The number of rotatable bonds is 1. The molecular weight excluding hydrogens is 204 g/mol. The van der Waals surface area contributed by atoms with Gasteiger partial charge >= 0.3 is 0 Å². The molecule has 0 saturated heterocycles. The molecule has 0 amide bonds. The zero-order valence-electron chi connectivity index (χ0n) is 8.74. The highest BCUT2D eigenvalue weighted by atomic mass is 32.1. The summed E-state index contributed by atoms with van der Waals surface area (Å²) in [6.45, 7) is 4.06. The normalized spacial score (nSPS) is 10.3. The second kappa shape index (κ2) is 3.95. The molecule has 3 heteroatoms. The summed E-state index contributed by atoms with van der Waals surface area (Å²) in [4.78, 5) is 7.60. The van der Waals surface area contributed by atoms with Crippen molar-refractivity contribution in [3.8, 4) is 11.4 Å². The van der Waals surface area contributed by atoms with Gasteiger partial charge in [0, 0.05) is 5.69 Å². The smallest absolute Gasteiger partial charge is 0.103 e. The fraction of sp³-hybridized carbons (Fsp3) is 0.167. The van der Waals surface area contributed by atoms with Gasteiger partial charge in [-0.1, -0.05) is 18.3 Å². The van der Waals surface area contributed by atoms with E-state index in [0.29, 0.717) is 0 Å². The minimum absolute atomic E-state index is 0.730. The third-order valence-electron chi connectivity index (χ3n) is 2.14. The van der Waals surface area contributed by atoms with Crippen molar-refractivity contribution in [2.24, 2.45) is 0 Å². The van der Waals surface area contributed by atoms with Gasteiger partial charge in [-0.2, -0.15) is 0 Å². The third kappa shape index (κ3) is 2.30. The number of nitrogens with one attached hydrogen (secondary N) is 1. The van der Waals surface area contributed by atoms with Crippen molar-refractivity contribution in [1.29, 1.82) is 0 Å². The maximum absolute atomic E-state index is 5.08. The van der Waals surface area contributed by atoms with Crippen LogP contribution in [0.2, 0.25) is 0 Å². The second-order valence-corrected chi connectivity index (χ2v) is 4.04. The van der Waals surface area contributed by atoms with Crippen LogP contribution in [0.15, 0.2) is 30.3 Å². The first-order valence-electron chi connectivity index (χ1n) is 4.80. The fourth-order valence-electron chi connectivity index (χ4n) is 1.58. The third-order valence-corrected chi connectivity index (χ3v) is 2.38. The van der Waals surface area contributed by atoms with Gasteiger partial charge in [0.25, 0.3) is 0 Å². The lowest BCUT2D eigenvalue weighted by Gasteiger charge is -2.03. The van der Waals surface area contributed by atoms with Crippen LogP contribution < -0.4 is 0 Å². The molecule has 2 aromatic rings. The Hall–Kier alpha value is -1.48. The Morgan fingerprint density at radius 3 is 2.67 bits per heavy atom. The van der Waals surface area contributed by atoms with E-state index in [0.717, 1.165) is 21.7 Å². The van der Waals surface area contributed by atoms with Crippen LogP contribution >= 0.6 is 12.2 Å². The molecule has 2 nitrogen and oxygen atoms in total. The van der Waals surface area contributed by atoms with E-state index in [4.69, 9.17) is 12.2 Å². The first-order valence-corrected chi connectivity index (χ1v) is 5.21. The first kappa shape index (κ1) is 10.1. The van der Waals surface area contributed by atoms with E-state index < -0.39 is 0 Å². The van der Waals surface area contributed by atoms with E-state index in [9.17, 15) is 0 Å². The molecule has 0 aliphatic heterocycles. The topological polar surface area (TPSA) is 28.7 Å². The zero-order chi connectivity index (χ0) is 10.8. The summed E-state index contributed by atoms with van der Waals surface area (Å²) in [5, 5.41) is 0. The maximum Gasteiger partial charge on any atom is 0.103 e. The highest BCUT2D eigenvalue weighted by Crippen LogP contribution is 2.16. The van der Waals surface area contributed by atoms with E-state index in [1.54, 1.807) is 0 Å². The molecule has 2 rings (SSSR count). The van der Waals surface area contributed by atoms with Crippen molar-refractivity contribution in [2.75, 3.05) is 0 Å². The monoisotopic (exact) mass is 216 g/mol. The van der Waals surface area contributed by atoms with E-state index in [1.807, 2.05) is 31.2 Å². The summed E-state index contributed by atoms with van der Waals surface area (Å²) < 4.78 is 0.730. The van der Waals surface area contributed by atoms with Crippen LogP contribution in [0, 0.1) is 18.5 Å². The van der Waals surface area contributed by atoms with E-state index in [-0.39, 0.29) is 0 Å². The summed E-state index contributed by atoms with van der Waals surface area (Å²) in [7, 11) is 0. The van der Waals surface area contributed by atoms with Crippen molar-refractivity contribution in [3.63, 3.8) is 0 Å². The van der Waals surface area contributed by atoms with Crippen LogP contribution in [-0.4, -0.2) is 9.97 Å². The number of nitrogens with zero attached hydrogens (tertiary/aromatic N) is 1. The number of hydrogen-bond acceptors (Lipinski definition) is 2. The van der Waals surface area contributed by atoms with Gasteiger partial charge in [0.1, 0.15) is 4.64 Å². The number of pyridine rings is 2. The predicted molar refractivity (Wildman–Crippen MR) is 64.3 cm³/mol. The first-order chi connectivity index (χ1) is 7.15. The molecule has 0 fully saturated rings. The quantitative estimate of drug-likeness (QED) is 0.740. The van der Waals surface area contributed by atoms with Gasteiger partial charge in [-0.05, 0) is 43.7 Å². The standard InChI is InChI=1S/C12H12N2S/c1-8-6-9(2)13-11(7-8)10-4-3-5-12(15)14-10/h3-7H,1-2H3,(H,14,15). The van der Waals surface area contributed by atoms with Crippen molar-refractivity contribution in [2.45, 2.75) is 13.8 Å². The molecule has 15 heavy (non-hydrogen) atoms. The molecule has 0 atom stereocenters. The molecule has 0 spiro atoms. The van der Waals surface area contributed by atoms with Gasteiger partial charge in [-0.15, -0.1) is 0 Å². The minimum atomic E-state index is 0.730. The summed E-state index contributed by atoms with van der Waals surface area (Å²) in [5.74, 6) is 0. The Bertz CT molecular complexity index is 523. The van der Waals surface area contributed by atoms with Crippen molar-refractivity contribution >= 4 is 12.2 Å². The average Bonchev–Trinajstić information content (AvgIpc) is 2.16. The van der Waals surface area contributed by atoms with Gasteiger partial charge in [0.05, 0.1) is 11.4 Å². The molecule has 0 aliphatic rings. The number of aromatic nitrogens is 2. The summed E-state index contributed by atoms with van der Waals surface area (Å²) in [5.41, 5.74) is 4.14. The van der Waals surface area contributed by atoms with Crippen LogP contribution in [0.25, 0.3) is 11.4 Å². The Labute approximate surface area is 94.0 Å². The summed E-state index contributed by atoms with van der Waals surface area (Å²) in [6, 6.07) is 9.89. The lowest BCUT2D eigenvalue weighted by atomic mass is 10.2. The predicted octanol–water partition coefficient (Wildman–Crippen LogP) is 3.42. The highest BCUT2D eigenvalue weighted by Gasteiger charge is 2.00. The number of aryl methyl sites for hydroxylation is 2. The number of aromatic amines is 1. The van der Waals surface area contributed by atoms with Crippen LogP contribution in [0.4, 0.5) is 0 Å². The highest BCUT2D eigenvalue weighted by molar-refractivity contribution is 7.71. The molecule has 2 heterocycles. The summed E-state index contributed by atoms with van der Waals surface area (Å²) in [6.07, 6.45) is 0. The lowest BCUT2D eigenvalue weighted by molar-refractivity contribution is 1.15. The summed E-state index contributed by atoms with van der Waals surface area (Å²) >= 11 is 5.08. The molecule has 76 valence electrons. The Balaban J connectivity index is 2.58. The number of hydrogen-bond donors (Lipinski definition) is 1. The maximum atomic E-state index is 5.08. The second-order valence-electron chi connectivity index (χ2n) is 3.60. The molecule has 0 radical (unpaired) electrons. The van der Waals surface area contributed by atoms with Crippen LogP contribution in [0.1, 0.15) is 11.3 Å². The lowest BCUT2D eigenvalue weighted by Crippen LogP contribution is -1.91. The molecule has 0 aromatic carbocycles. The Morgan fingerprint density at radius 2 is 2.00 bits per heavy atom. The fourth-order valence-corrected chi connectivity index (χ4v) is 1.77. The van der Waals surface area contributed by atoms with Gasteiger partial charge < -0.3 is 4.98 Å². The molecule has 0 bridgehead atoms. The van der Waals surface area contributed by atoms with E-state index >= 15 is 0 Å². The zero-order valence-corrected chi connectivity index (χ0v) is 9.56. The van der Waals surface area contributed by atoms with Gasteiger partial charge in [-0.3, -0.25) is 4.98 Å². The Kier molecular flexibility index (Phi) is 2.64. The SMILES string of the molecule is Cc1cc(C)nc(-c2cccc(=S)[nH]2)c1. The molecular formula is C12H12N2S. The van der Waals surface area contributed by atoms with Gasteiger partial charge in [0.2, 0.25) is 0 Å². The van der Waals surface area contributed by atoms with Crippen molar-refractivity contribution in [1.82, 2.24) is 9.97 Å². The van der Waals surface area contributed by atoms with Gasteiger partial charge in [0.15, 0.2) is 0 Å². The largest absolute Gasteiger partial charge is 0.345 e. The van der Waals surface area contributed by atoms with Crippen LogP contribution in [0.3, 0.4) is 0 Å². The van der Waals surface area contributed by atoms with Crippen LogP contribution in [-0.2, 0) is 0 Å². The average molecular weight is 216 g/mol. The molecule has 0 aliphatic carbocycles. The van der Waals surface area contributed by atoms with Crippen LogP contribution in [0.5, 0.6) is 0 Å². The molecule has 0 saturated carbocycles. The molecule has 1 N–H and O–H groups in total. The molecule has 2 aromatic heterocycles.